The second-order valence-corrected chi connectivity index (χ2v) is 4.85. The normalized spacial score (nSPS) is 23.2. The van der Waals surface area contributed by atoms with E-state index in [1.54, 1.807) is 6.08 Å². The molecule has 16 heavy (non-hydrogen) atoms. The Labute approximate surface area is 105 Å². The van der Waals surface area contributed by atoms with Gasteiger partial charge in [-0.1, -0.05) is 6.92 Å². The second kappa shape index (κ2) is 6.02. The number of hydrogen-bond donors (Lipinski definition) is 2. The lowest BCUT2D eigenvalue weighted by atomic mass is 10.2. The number of amides is 1. The van der Waals surface area contributed by atoms with Gasteiger partial charge in [-0.2, -0.15) is 5.26 Å². The molecule has 0 aromatic rings. The maximum atomic E-state index is 11.5. The molecule has 0 radical (unpaired) electrons. The Hall–Kier alpha value is -0.860. The summed E-state index contributed by atoms with van der Waals surface area (Å²) in [6.45, 7) is 1.99. The first-order valence-electron chi connectivity index (χ1n) is 5.09. The van der Waals surface area contributed by atoms with Gasteiger partial charge in [-0.05, 0) is 30.9 Å². The molecule has 0 saturated carbocycles. The number of alkyl halides is 1. The average Bonchev–Trinajstić information content (AvgIpc) is 2.70. The SMILES string of the molecule is CCC1=CC(C#N)(NC(=O)CCCCl)SN1. The van der Waals surface area contributed by atoms with Crippen molar-refractivity contribution in [2.45, 2.75) is 31.1 Å². The summed E-state index contributed by atoms with van der Waals surface area (Å²) in [7, 11) is 0. The van der Waals surface area contributed by atoms with E-state index >= 15 is 0 Å². The van der Waals surface area contributed by atoms with Gasteiger partial charge in [0, 0.05) is 18.0 Å². The van der Waals surface area contributed by atoms with E-state index in [1.165, 1.54) is 11.9 Å². The van der Waals surface area contributed by atoms with Crippen molar-refractivity contribution in [2.75, 3.05) is 5.88 Å². The van der Waals surface area contributed by atoms with Gasteiger partial charge in [-0.3, -0.25) is 4.79 Å². The summed E-state index contributed by atoms with van der Waals surface area (Å²) in [5.41, 5.74) is 0.962. The fourth-order valence-corrected chi connectivity index (χ4v) is 2.31. The molecule has 0 aromatic heterocycles. The first-order chi connectivity index (χ1) is 7.65. The first kappa shape index (κ1) is 13.2. The van der Waals surface area contributed by atoms with Crippen molar-refractivity contribution < 1.29 is 4.79 Å². The Morgan fingerprint density at radius 1 is 1.81 bits per heavy atom. The Bertz CT molecular complexity index is 339. The lowest BCUT2D eigenvalue weighted by molar-refractivity contribution is -0.121. The van der Waals surface area contributed by atoms with Gasteiger partial charge in [0.05, 0.1) is 0 Å². The van der Waals surface area contributed by atoms with Crippen molar-refractivity contribution >= 4 is 29.5 Å². The van der Waals surface area contributed by atoms with Crippen LogP contribution in [0.1, 0.15) is 26.2 Å². The number of allylic oxidation sites excluding steroid dienone is 1. The summed E-state index contributed by atoms with van der Waals surface area (Å²) in [5.74, 6) is 0.305. The van der Waals surface area contributed by atoms with E-state index in [0.717, 1.165) is 12.1 Å². The molecule has 0 spiro atoms. The van der Waals surface area contributed by atoms with Gasteiger partial charge < -0.3 is 10.0 Å². The number of hydrogen-bond acceptors (Lipinski definition) is 4. The van der Waals surface area contributed by atoms with Gasteiger partial charge in [0.2, 0.25) is 10.8 Å². The third-order valence-electron chi connectivity index (χ3n) is 2.13. The van der Waals surface area contributed by atoms with Gasteiger partial charge >= 0.3 is 0 Å². The number of nitrogens with zero attached hydrogens (tertiary/aromatic N) is 1. The van der Waals surface area contributed by atoms with Crippen LogP contribution in [0.4, 0.5) is 0 Å². The Morgan fingerprint density at radius 2 is 2.56 bits per heavy atom. The zero-order chi connectivity index (χ0) is 12.0. The summed E-state index contributed by atoms with van der Waals surface area (Å²) in [5, 5.41) is 11.8. The fourth-order valence-electron chi connectivity index (χ4n) is 1.27. The molecule has 1 heterocycles. The Kier molecular flexibility index (Phi) is 4.97. The highest BCUT2D eigenvalue weighted by atomic mass is 35.5. The van der Waals surface area contributed by atoms with Crippen LogP contribution in [-0.4, -0.2) is 16.7 Å². The minimum Gasteiger partial charge on any atom is -0.331 e. The molecule has 0 aliphatic carbocycles. The quantitative estimate of drug-likeness (QED) is 0.585. The van der Waals surface area contributed by atoms with Crippen LogP contribution in [0.5, 0.6) is 0 Å². The van der Waals surface area contributed by atoms with Gasteiger partial charge in [0.1, 0.15) is 6.07 Å². The summed E-state index contributed by atoms with van der Waals surface area (Å²) in [6, 6.07) is 2.11. The number of rotatable bonds is 5. The lowest BCUT2D eigenvalue weighted by Gasteiger charge is -2.18. The summed E-state index contributed by atoms with van der Waals surface area (Å²) in [6.07, 6.45) is 3.55. The number of carbonyl (C=O) groups is 1. The topological polar surface area (TPSA) is 64.9 Å². The molecule has 1 atom stereocenters. The molecule has 88 valence electrons. The molecule has 6 heteroatoms. The highest BCUT2D eigenvalue weighted by Crippen LogP contribution is 2.30. The summed E-state index contributed by atoms with van der Waals surface area (Å²) < 4.78 is 3.02. The Morgan fingerprint density at radius 3 is 3.06 bits per heavy atom. The van der Waals surface area contributed by atoms with Crippen molar-refractivity contribution in [2.24, 2.45) is 0 Å². The van der Waals surface area contributed by atoms with Crippen LogP contribution in [0.25, 0.3) is 0 Å². The van der Waals surface area contributed by atoms with E-state index in [1.807, 2.05) is 6.92 Å². The summed E-state index contributed by atoms with van der Waals surface area (Å²) in [4.78, 5) is 10.6. The van der Waals surface area contributed by atoms with E-state index in [9.17, 15) is 4.79 Å². The standard InChI is InChI=1S/C10H14ClN3OS/c1-2-8-6-10(7-12,16-14-8)13-9(15)4-3-5-11/h6,14H,2-5H2,1H3,(H,13,15). The van der Waals surface area contributed by atoms with Crippen LogP contribution < -0.4 is 10.0 Å². The third-order valence-corrected chi connectivity index (χ3v) is 3.39. The maximum absolute atomic E-state index is 11.5. The molecule has 1 aliphatic heterocycles. The van der Waals surface area contributed by atoms with E-state index < -0.39 is 4.87 Å². The lowest BCUT2D eigenvalue weighted by Crippen LogP contribution is -2.42. The number of nitrogens with one attached hydrogen (secondary N) is 2. The first-order valence-corrected chi connectivity index (χ1v) is 6.45. The Balaban J connectivity index is 2.60. The van der Waals surface area contributed by atoms with Crippen molar-refractivity contribution in [3.63, 3.8) is 0 Å². The zero-order valence-corrected chi connectivity index (χ0v) is 10.6. The van der Waals surface area contributed by atoms with E-state index in [0.29, 0.717) is 18.7 Å². The van der Waals surface area contributed by atoms with Crippen LogP contribution >= 0.6 is 23.5 Å². The number of halogens is 1. The van der Waals surface area contributed by atoms with Crippen molar-refractivity contribution in [3.05, 3.63) is 11.8 Å². The molecule has 1 amide bonds. The maximum Gasteiger partial charge on any atom is 0.222 e. The minimum absolute atomic E-state index is 0.148. The van der Waals surface area contributed by atoms with Crippen molar-refractivity contribution in [1.82, 2.24) is 10.0 Å². The molecular formula is C10H14ClN3OS. The largest absolute Gasteiger partial charge is 0.331 e. The second-order valence-electron chi connectivity index (χ2n) is 3.42. The van der Waals surface area contributed by atoms with E-state index in [2.05, 4.69) is 16.1 Å². The highest BCUT2D eigenvalue weighted by Gasteiger charge is 2.35. The van der Waals surface area contributed by atoms with Crippen molar-refractivity contribution in [3.8, 4) is 6.07 Å². The average molecular weight is 260 g/mol. The van der Waals surface area contributed by atoms with Crippen LogP contribution in [0.2, 0.25) is 0 Å². The van der Waals surface area contributed by atoms with E-state index in [4.69, 9.17) is 16.9 Å². The van der Waals surface area contributed by atoms with E-state index in [-0.39, 0.29) is 5.91 Å². The molecule has 4 nitrogen and oxygen atoms in total. The number of carbonyl (C=O) groups excluding carboxylic acids is 1. The zero-order valence-electron chi connectivity index (χ0n) is 9.05. The van der Waals surface area contributed by atoms with Gasteiger partial charge in [-0.15, -0.1) is 11.6 Å². The molecule has 1 rings (SSSR count). The predicted octanol–water partition coefficient (Wildman–Crippen LogP) is 1.89. The molecular weight excluding hydrogens is 246 g/mol. The van der Waals surface area contributed by atoms with Gasteiger partial charge in [0.15, 0.2) is 0 Å². The van der Waals surface area contributed by atoms with Gasteiger partial charge in [0.25, 0.3) is 0 Å². The highest BCUT2D eigenvalue weighted by molar-refractivity contribution is 7.99. The van der Waals surface area contributed by atoms with Crippen molar-refractivity contribution in [1.29, 1.82) is 5.26 Å². The monoisotopic (exact) mass is 259 g/mol. The summed E-state index contributed by atoms with van der Waals surface area (Å²) >= 11 is 6.72. The fraction of sp³-hybridized carbons (Fsp3) is 0.600. The molecule has 1 unspecified atom stereocenters. The van der Waals surface area contributed by atoms with Crippen LogP contribution in [-0.2, 0) is 4.79 Å². The van der Waals surface area contributed by atoms with Crippen LogP contribution in [0, 0.1) is 11.3 Å². The number of nitriles is 1. The molecule has 0 bridgehead atoms. The van der Waals surface area contributed by atoms with Gasteiger partial charge in [-0.25, -0.2) is 0 Å². The molecule has 0 fully saturated rings. The molecule has 0 aromatic carbocycles. The molecule has 0 saturated heterocycles. The van der Waals surface area contributed by atoms with Crippen LogP contribution in [0.3, 0.4) is 0 Å². The predicted molar refractivity (Wildman–Crippen MR) is 65.5 cm³/mol. The minimum atomic E-state index is -0.964. The smallest absolute Gasteiger partial charge is 0.222 e. The van der Waals surface area contributed by atoms with Crippen LogP contribution in [0.15, 0.2) is 11.8 Å². The molecule has 2 N–H and O–H groups in total. The third kappa shape index (κ3) is 3.32. The molecule has 1 aliphatic rings.